The van der Waals surface area contributed by atoms with Gasteiger partial charge in [-0.1, -0.05) is 30.3 Å². The molecule has 2 N–H and O–H groups in total. The summed E-state index contributed by atoms with van der Waals surface area (Å²) in [5.41, 5.74) is 2.38. The summed E-state index contributed by atoms with van der Waals surface area (Å²) >= 11 is 0. The van der Waals surface area contributed by atoms with Crippen LogP contribution in [0.15, 0.2) is 72.8 Å². The monoisotopic (exact) mass is 386 g/mol. The molecule has 3 amide bonds. The van der Waals surface area contributed by atoms with Gasteiger partial charge in [0.1, 0.15) is 5.75 Å². The highest BCUT2D eigenvalue weighted by molar-refractivity contribution is 6.22. The van der Waals surface area contributed by atoms with Crippen molar-refractivity contribution in [3.63, 3.8) is 0 Å². The van der Waals surface area contributed by atoms with Crippen molar-refractivity contribution < 1.29 is 19.5 Å². The normalized spacial score (nSPS) is 12.8. The number of carbonyl (C=O) groups excluding carboxylic acids is 3. The SMILES string of the molecule is O=C(Nc1ccc(O)cc1)c1ccc2c(c1)C(=O)N(CCc1ccccc1)C2=O. The minimum Gasteiger partial charge on any atom is -0.508 e. The Morgan fingerprint density at radius 2 is 1.55 bits per heavy atom. The second-order valence-electron chi connectivity index (χ2n) is 6.76. The van der Waals surface area contributed by atoms with Crippen molar-refractivity contribution in [2.75, 3.05) is 11.9 Å². The molecular formula is C23H18N2O4. The number of amides is 3. The van der Waals surface area contributed by atoms with Crippen LogP contribution >= 0.6 is 0 Å². The van der Waals surface area contributed by atoms with E-state index in [9.17, 15) is 19.5 Å². The van der Waals surface area contributed by atoms with Crippen molar-refractivity contribution in [2.24, 2.45) is 0 Å². The first kappa shape index (κ1) is 18.4. The number of hydrogen-bond donors (Lipinski definition) is 2. The largest absolute Gasteiger partial charge is 0.508 e. The first-order chi connectivity index (χ1) is 14.0. The van der Waals surface area contributed by atoms with Gasteiger partial charge in [0.2, 0.25) is 0 Å². The molecule has 0 saturated heterocycles. The molecule has 29 heavy (non-hydrogen) atoms. The average molecular weight is 386 g/mol. The van der Waals surface area contributed by atoms with E-state index in [0.29, 0.717) is 17.7 Å². The number of aromatic hydroxyl groups is 1. The summed E-state index contributed by atoms with van der Waals surface area (Å²) < 4.78 is 0. The highest BCUT2D eigenvalue weighted by Gasteiger charge is 2.35. The van der Waals surface area contributed by atoms with E-state index in [-0.39, 0.29) is 35.2 Å². The quantitative estimate of drug-likeness (QED) is 0.519. The van der Waals surface area contributed by atoms with Crippen LogP contribution in [0.2, 0.25) is 0 Å². The van der Waals surface area contributed by atoms with Crippen LogP contribution < -0.4 is 5.32 Å². The Balaban J connectivity index is 1.50. The standard InChI is InChI=1S/C23H18N2O4/c26-18-9-7-17(8-10-18)24-21(27)16-6-11-19-20(14-16)23(29)25(22(19)28)13-12-15-4-2-1-3-5-15/h1-11,14,26H,12-13H2,(H,24,27). The molecular weight excluding hydrogens is 368 g/mol. The summed E-state index contributed by atoms with van der Waals surface area (Å²) in [4.78, 5) is 39.1. The maximum atomic E-state index is 12.7. The Hall–Kier alpha value is -3.93. The Morgan fingerprint density at radius 3 is 2.28 bits per heavy atom. The molecule has 0 fully saturated rings. The van der Waals surface area contributed by atoms with Crippen LogP contribution in [0.5, 0.6) is 5.75 Å². The maximum Gasteiger partial charge on any atom is 0.261 e. The van der Waals surface area contributed by atoms with Crippen LogP contribution in [0.1, 0.15) is 36.6 Å². The van der Waals surface area contributed by atoms with Crippen molar-refractivity contribution in [1.82, 2.24) is 4.90 Å². The number of phenolic OH excluding ortho intramolecular Hbond substituents is 1. The highest BCUT2D eigenvalue weighted by Crippen LogP contribution is 2.25. The molecule has 0 radical (unpaired) electrons. The average Bonchev–Trinajstić information content (AvgIpc) is 2.98. The maximum absolute atomic E-state index is 12.7. The van der Waals surface area contributed by atoms with Gasteiger partial charge in [-0.3, -0.25) is 19.3 Å². The van der Waals surface area contributed by atoms with Crippen LogP contribution in [0.25, 0.3) is 0 Å². The van der Waals surface area contributed by atoms with Crippen molar-refractivity contribution in [1.29, 1.82) is 0 Å². The number of hydrogen-bond acceptors (Lipinski definition) is 4. The second-order valence-corrected chi connectivity index (χ2v) is 6.76. The van der Waals surface area contributed by atoms with Crippen molar-refractivity contribution in [2.45, 2.75) is 6.42 Å². The molecule has 0 aromatic heterocycles. The summed E-state index contributed by atoms with van der Waals surface area (Å²) in [5, 5.41) is 12.0. The van der Waals surface area contributed by atoms with E-state index in [1.807, 2.05) is 30.3 Å². The van der Waals surface area contributed by atoms with E-state index in [1.165, 1.54) is 35.2 Å². The van der Waals surface area contributed by atoms with E-state index in [0.717, 1.165) is 5.56 Å². The van der Waals surface area contributed by atoms with Crippen LogP contribution in [-0.2, 0) is 6.42 Å². The third-order valence-corrected chi connectivity index (χ3v) is 4.82. The molecule has 0 aliphatic carbocycles. The van der Waals surface area contributed by atoms with Gasteiger partial charge < -0.3 is 10.4 Å². The lowest BCUT2D eigenvalue weighted by Crippen LogP contribution is -2.31. The lowest BCUT2D eigenvalue weighted by molar-refractivity contribution is 0.0656. The van der Waals surface area contributed by atoms with Gasteiger partial charge in [-0.05, 0) is 54.4 Å². The van der Waals surface area contributed by atoms with Crippen molar-refractivity contribution in [3.05, 3.63) is 95.1 Å². The molecule has 0 bridgehead atoms. The molecule has 0 saturated carbocycles. The number of anilines is 1. The number of rotatable bonds is 5. The molecule has 6 heteroatoms. The van der Waals surface area contributed by atoms with E-state index in [4.69, 9.17) is 0 Å². The van der Waals surface area contributed by atoms with Crippen LogP contribution in [0.4, 0.5) is 5.69 Å². The van der Waals surface area contributed by atoms with Crippen molar-refractivity contribution >= 4 is 23.4 Å². The lowest BCUT2D eigenvalue weighted by atomic mass is 10.1. The van der Waals surface area contributed by atoms with Crippen LogP contribution in [0, 0.1) is 0 Å². The topological polar surface area (TPSA) is 86.7 Å². The third kappa shape index (κ3) is 3.73. The molecule has 4 rings (SSSR count). The number of imide groups is 1. The molecule has 6 nitrogen and oxygen atoms in total. The highest BCUT2D eigenvalue weighted by atomic mass is 16.3. The fourth-order valence-corrected chi connectivity index (χ4v) is 3.27. The number of nitrogens with zero attached hydrogens (tertiary/aromatic N) is 1. The summed E-state index contributed by atoms with van der Waals surface area (Å²) in [6, 6.07) is 20.2. The van der Waals surface area contributed by atoms with E-state index in [2.05, 4.69) is 5.32 Å². The predicted molar refractivity (Wildman–Crippen MR) is 108 cm³/mol. The second kappa shape index (κ2) is 7.59. The molecule has 1 aliphatic rings. The summed E-state index contributed by atoms with van der Waals surface area (Å²) in [6.45, 7) is 0.283. The zero-order valence-corrected chi connectivity index (χ0v) is 15.5. The third-order valence-electron chi connectivity index (χ3n) is 4.82. The zero-order valence-electron chi connectivity index (χ0n) is 15.5. The molecule has 1 heterocycles. The first-order valence-corrected chi connectivity index (χ1v) is 9.17. The smallest absolute Gasteiger partial charge is 0.261 e. The van der Waals surface area contributed by atoms with Crippen molar-refractivity contribution in [3.8, 4) is 5.75 Å². The molecule has 0 atom stereocenters. The summed E-state index contributed by atoms with van der Waals surface area (Å²) in [7, 11) is 0. The fourth-order valence-electron chi connectivity index (χ4n) is 3.27. The fraction of sp³-hybridized carbons (Fsp3) is 0.0870. The first-order valence-electron chi connectivity index (χ1n) is 9.17. The summed E-state index contributed by atoms with van der Waals surface area (Å²) in [6.07, 6.45) is 0.570. The Bertz CT molecular complexity index is 1090. The minimum absolute atomic E-state index is 0.0974. The molecule has 3 aromatic rings. The zero-order chi connectivity index (χ0) is 20.4. The van der Waals surface area contributed by atoms with E-state index >= 15 is 0 Å². The van der Waals surface area contributed by atoms with Crippen LogP contribution in [0.3, 0.4) is 0 Å². The Morgan fingerprint density at radius 1 is 0.862 bits per heavy atom. The minimum atomic E-state index is -0.401. The predicted octanol–water partition coefficient (Wildman–Crippen LogP) is 3.48. The number of benzene rings is 3. The lowest BCUT2D eigenvalue weighted by Gasteiger charge is -2.13. The van der Waals surface area contributed by atoms with Gasteiger partial charge in [0, 0.05) is 17.8 Å². The molecule has 0 unspecified atom stereocenters. The molecule has 3 aromatic carbocycles. The van der Waals surface area contributed by atoms with Crippen LogP contribution in [-0.4, -0.2) is 34.3 Å². The van der Waals surface area contributed by atoms with E-state index in [1.54, 1.807) is 12.1 Å². The van der Waals surface area contributed by atoms with Gasteiger partial charge in [-0.2, -0.15) is 0 Å². The number of fused-ring (bicyclic) bond motifs is 1. The molecule has 0 spiro atoms. The van der Waals surface area contributed by atoms with Gasteiger partial charge in [-0.25, -0.2) is 0 Å². The number of nitrogens with one attached hydrogen (secondary N) is 1. The molecule has 144 valence electrons. The van der Waals surface area contributed by atoms with E-state index < -0.39 is 5.91 Å². The van der Waals surface area contributed by atoms with Gasteiger partial charge >= 0.3 is 0 Å². The number of carbonyl (C=O) groups is 3. The molecule has 1 aliphatic heterocycles. The van der Waals surface area contributed by atoms with Gasteiger partial charge in [-0.15, -0.1) is 0 Å². The van der Waals surface area contributed by atoms with Gasteiger partial charge in [0.15, 0.2) is 0 Å². The van der Waals surface area contributed by atoms with Gasteiger partial charge in [0.05, 0.1) is 11.1 Å². The summed E-state index contributed by atoms with van der Waals surface area (Å²) in [5.74, 6) is -1.03. The number of phenols is 1. The van der Waals surface area contributed by atoms with Gasteiger partial charge in [0.25, 0.3) is 17.7 Å². The Kier molecular flexibility index (Phi) is 4.83. The Labute approximate surface area is 167 Å².